The first-order valence-corrected chi connectivity index (χ1v) is 13.4. The van der Waals surface area contributed by atoms with Crippen molar-refractivity contribution in [3.8, 4) is 34.8 Å². The first-order chi connectivity index (χ1) is 18.6. The van der Waals surface area contributed by atoms with Gasteiger partial charge in [-0.3, -0.25) is 13.9 Å². The van der Waals surface area contributed by atoms with Crippen molar-refractivity contribution in [1.29, 1.82) is 5.26 Å². The second kappa shape index (κ2) is 11.0. The number of imidazole rings is 1. The minimum atomic E-state index is -4.14. The van der Waals surface area contributed by atoms with Crippen LogP contribution < -0.4 is 29.4 Å². The molecule has 0 spiro atoms. The van der Waals surface area contributed by atoms with E-state index in [2.05, 4.69) is 10.8 Å². The van der Waals surface area contributed by atoms with Gasteiger partial charge in [-0.05, 0) is 36.8 Å². The zero-order valence-corrected chi connectivity index (χ0v) is 23.0. The van der Waals surface area contributed by atoms with Gasteiger partial charge in [0.15, 0.2) is 17.2 Å². The summed E-state index contributed by atoms with van der Waals surface area (Å²) in [6.45, 7) is 2.41. The van der Waals surface area contributed by atoms with Crippen molar-refractivity contribution >= 4 is 26.7 Å². The summed E-state index contributed by atoms with van der Waals surface area (Å²) in [6.07, 6.45) is 0.772. The third-order valence-corrected chi connectivity index (χ3v) is 7.36. The lowest BCUT2D eigenvalue weighted by molar-refractivity contribution is 0.315. The van der Waals surface area contributed by atoms with Crippen molar-refractivity contribution in [3.63, 3.8) is 0 Å². The highest BCUT2D eigenvalue weighted by Gasteiger charge is 2.22. The van der Waals surface area contributed by atoms with E-state index in [9.17, 15) is 18.5 Å². The average molecular weight is 553 g/mol. The quantitative estimate of drug-likeness (QED) is 0.310. The zero-order chi connectivity index (χ0) is 28.3. The van der Waals surface area contributed by atoms with E-state index in [-0.39, 0.29) is 33.5 Å². The number of anilines is 1. The molecule has 0 atom stereocenters. The smallest absolute Gasteiger partial charge is 0.328 e. The number of sulfonamides is 1. The molecule has 0 aliphatic carbocycles. The van der Waals surface area contributed by atoms with Gasteiger partial charge in [0.2, 0.25) is 0 Å². The molecule has 12 heteroatoms. The fourth-order valence-corrected chi connectivity index (χ4v) is 5.08. The molecule has 4 aromatic rings. The molecule has 1 heterocycles. The van der Waals surface area contributed by atoms with Crippen molar-refractivity contribution in [2.75, 3.05) is 25.5 Å². The number of aromatic nitrogens is 2. The number of aryl methyl sites for hydroxylation is 2. The van der Waals surface area contributed by atoms with Gasteiger partial charge in [-0.15, -0.1) is 0 Å². The summed E-state index contributed by atoms with van der Waals surface area (Å²) in [4.78, 5) is 12.5. The lowest BCUT2D eigenvalue weighted by Gasteiger charge is -2.16. The highest BCUT2D eigenvalue weighted by Crippen LogP contribution is 2.37. The van der Waals surface area contributed by atoms with E-state index in [0.717, 1.165) is 6.42 Å². The third kappa shape index (κ3) is 5.49. The van der Waals surface area contributed by atoms with Crippen molar-refractivity contribution in [2.24, 2.45) is 14.1 Å². The molecule has 0 fully saturated rings. The number of ether oxygens (including phenoxy) is 4. The van der Waals surface area contributed by atoms with Crippen molar-refractivity contribution < 1.29 is 27.4 Å². The van der Waals surface area contributed by atoms with Gasteiger partial charge < -0.3 is 18.9 Å². The third-order valence-electron chi connectivity index (χ3n) is 5.99. The van der Waals surface area contributed by atoms with Crippen molar-refractivity contribution in [2.45, 2.75) is 18.2 Å². The lowest BCUT2D eigenvalue weighted by Crippen LogP contribution is -2.19. The highest BCUT2D eigenvalue weighted by molar-refractivity contribution is 7.92. The molecule has 3 aromatic carbocycles. The molecule has 1 N–H and O–H groups in total. The minimum Gasteiger partial charge on any atom is -0.493 e. The maximum absolute atomic E-state index is 13.4. The van der Waals surface area contributed by atoms with Crippen LogP contribution in [0.1, 0.15) is 18.9 Å². The van der Waals surface area contributed by atoms with E-state index in [0.29, 0.717) is 34.7 Å². The zero-order valence-electron chi connectivity index (χ0n) is 22.1. The number of hydrogen-bond acceptors (Lipinski definition) is 8. The van der Waals surface area contributed by atoms with Crippen molar-refractivity contribution in [1.82, 2.24) is 9.13 Å². The van der Waals surface area contributed by atoms with Crippen LogP contribution in [-0.2, 0) is 24.1 Å². The fraction of sp³-hybridized carbons (Fsp3) is 0.259. The Morgan fingerprint density at radius 2 is 1.56 bits per heavy atom. The van der Waals surface area contributed by atoms with Gasteiger partial charge in [-0.2, -0.15) is 5.26 Å². The Labute approximate surface area is 225 Å². The largest absolute Gasteiger partial charge is 0.493 e. The average Bonchev–Trinajstić information content (AvgIpc) is 3.14. The summed E-state index contributed by atoms with van der Waals surface area (Å²) in [7, 11) is 1.91. The fourth-order valence-electron chi connectivity index (χ4n) is 4.00. The van der Waals surface area contributed by atoms with E-state index in [1.807, 2.05) is 6.92 Å². The molecular weight excluding hydrogens is 524 g/mol. The molecule has 0 saturated carbocycles. The van der Waals surface area contributed by atoms with Gasteiger partial charge in [-0.1, -0.05) is 6.92 Å². The number of methoxy groups -OCH3 is 2. The summed E-state index contributed by atoms with van der Waals surface area (Å²) < 4.78 is 54.5. The number of nitriles is 1. The summed E-state index contributed by atoms with van der Waals surface area (Å²) in [5.74, 6) is 1.42. The molecule has 4 rings (SSSR count). The van der Waals surface area contributed by atoms with E-state index < -0.39 is 10.0 Å². The summed E-state index contributed by atoms with van der Waals surface area (Å²) >= 11 is 0. The molecule has 1 aromatic heterocycles. The molecular formula is C27H28N4O7S. The molecule has 11 nitrogen and oxygen atoms in total. The van der Waals surface area contributed by atoms with Crippen LogP contribution in [0.5, 0.6) is 28.7 Å². The highest BCUT2D eigenvalue weighted by atomic mass is 32.2. The Morgan fingerprint density at radius 3 is 2.21 bits per heavy atom. The van der Waals surface area contributed by atoms with Gasteiger partial charge in [0.25, 0.3) is 10.0 Å². The molecule has 39 heavy (non-hydrogen) atoms. The molecule has 0 aliphatic rings. The Bertz CT molecular complexity index is 1750. The van der Waals surface area contributed by atoms with Gasteiger partial charge >= 0.3 is 5.69 Å². The van der Waals surface area contributed by atoms with Crippen LogP contribution in [0, 0.1) is 11.3 Å². The predicted octanol–water partition coefficient (Wildman–Crippen LogP) is 4.15. The Balaban J connectivity index is 1.84. The Kier molecular flexibility index (Phi) is 7.73. The first-order valence-electron chi connectivity index (χ1n) is 11.9. The van der Waals surface area contributed by atoms with Crippen LogP contribution in [0.25, 0.3) is 11.0 Å². The molecule has 204 valence electrons. The number of hydrogen-bond donors (Lipinski definition) is 1. The van der Waals surface area contributed by atoms with Crippen LogP contribution in [0.15, 0.2) is 58.2 Å². The molecule has 0 amide bonds. The van der Waals surface area contributed by atoms with Crippen LogP contribution in [-0.4, -0.2) is 38.4 Å². The lowest BCUT2D eigenvalue weighted by atomic mass is 10.2. The van der Waals surface area contributed by atoms with E-state index in [1.54, 1.807) is 32.3 Å². The Hall–Kier alpha value is -4.63. The maximum atomic E-state index is 13.4. The SMILES string of the molecule is CCCOc1cc(C#N)cc(Oc2cc3c(cc2NS(=O)(=O)c2ccc(OC)c(OC)c2)n(C)c(=O)n3C)c1. The Morgan fingerprint density at radius 1 is 0.897 bits per heavy atom. The van der Waals surface area contributed by atoms with Gasteiger partial charge in [-0.25, -0.2) is 13.2 Å². The second-order valence-electron chi connectivity index (χ2n) is 8.62. The van der Waals surface area contributed by atoms with E-state index >= 15 is 0 Å². The number of fused-ring (bicyclic) bond motifs is 1. The van der Waals surface area contributed by atoms with E-state index in [1.165, 1.54) is 53.7 Å². The molecule has 0 radical (unpaired) electrons. The standard InChI is InChI=1S/C27H28N4O7S/c1-6-9-37-18-10-17(16-28)11-19(12-18)38-25-15-23-22(30(2)27(32)31(23)3)14-21(25)29-39(33,34)20-7-8-24(35-4)26(13-20)36-5/h7-8,10-15,29H,6,9H2,1-5H3. The molecule has 0 unspecified atom stereocenters. The molecule has 0 aliphatic heterocycles. The summed E-state index contributed by atoms with van der Waals surface area (Å²) in [5, 5.41) is 9.49. The number of nitrogens with zero attached hydrogens (tertiary/aromatic N) is 3. The van der Waals surface area contributed by atoms with Gasteiger partial charge in [0.1, 0.15) is 11.5 Å². The van der Waals surface area contributed by atoms with Crippen LogP contribution >= 0.6 is 0 Å². The van der Waals surface area contributed by atoms with Crippen LogP contribution in [0.3, 0.4) is 0 Å². The van der Waals surface area contributed by atoms with Crippen molar-refractivity contribution in [3.05, 3.63) is 64.6 Å². The molecule has 0 saturated heterocycles. The summed E-state index contributed by atoms with van der Waals surface area (Å²) in [5.41, 5.74) is 1.09. The number of benzene rings is 3. The van der Waals surface area contributed by atoms with Gasteiger partial charge in [0, 0.05) is 32.3 Å². The maximum Gasteiger partial charge on any atom is 0.328 e. The number of nitrogens with one attached hydrogen (secondary N) is 1. The minimum absolute atomic E-state index is 0.0742. The molecule has 0 bridgehead atoms. The van der Waals surface area contributed by atoms with Gasteiger partial charge in [0.05, 0.1) is 54.1 Å². The normalized spacial score (nSPS) is 11.2. The van der Waals surface area contributed by atoms with Crippen LogP contribution in [0.4, 0.5) is 5.69 Å². The predicted molar refractivity (Wildman–Crippen MR) is 146 cm³/mol. The van der Waals surface area contributed by atoms with E-state index in [4.69, 9.17) is 18.9 Å². The topological polar surface area (TPSA) is 134 Å². The monoisotopic (exact) mass is 552 g/mol. The second-order valence-corrected chi connectivity index (χ2v) is 10.3. The summed E-state index contributed by atoms with van der Waals surface area (Å²) in [6, 6.07) is 14.1. The van der Waals surface area contributed by atoms with Crippen LogP contribution in [0.2, 0.25) is 0 Å². The first kappa shape index (κ1) is 27.4. The number of rotatable bonds is 10.